The summed E-state index contributed by atoms with van der Waals surface area (Å²) >= 11 is 5.66. The Bertz CT molecular complexity index is 562. The van der Waals surface area contributed by atoms with Gasteiger partial charge in [0.2, 0.25) is 0 Å². The summed E-state index contributed by atoms with van der Waals surface area (Å²) in [5.74, 6) is 0. The molecule has 0 amide bonds. The summed E-state index contributed by atoms with van der Waals surface area (Å²) in [6, 6.07) is 18.9. The van der Waals surface area contributed by atoms with Gasteiger partial charge in [0, 0.05) is 11.3 Å². The first-order valence-electron chi connectivity index (χ1n) is 6.65. The van der Waals surface area contributed by atoms with E-state index in [-0.39, 0.29) is 5.41 Å². The Morgan fingerprint density at radius 3 is 2.11 bits per heavy atom. The molecular formula is C18H20S. The second kappa shape index (κ2) is 5.66. The molecule has 0 N–H and O–H groups in total. The van der Waals surface area contributed by atoms with Crippen LogP contribution in [0.2, 0.25) is 0 Å². The van der Waals surface area contributed by atoms with Crippen molar-refractivity contribution in [3.05, 3.63) is 71.3 Å². The molecule has 0 saturated heterocycles. The molecule has 0 heterocycles. The molecule has 19 heavy (non-hydrogen) atoms. The minimum atomic E-state index is 0.122. The summed E-state index contributed by atoms with van der Waals surface area (Å²) in [5, 5.41) is 0. The summed E-state index contributed by atoms with van der Waals surface area (Å²) in [5.41, 5.74) is 3.94. The Hall–Kier alpha value is -1.47. The van der Waals surface area contributed by atoms with Crippen molar-refractivity contribution in [1.29, 1.82) is 0 Å². The van der Waals surface area contributed by atoms with Crippen LogP contribution in [0.3, 0.4) is 0 Å². The predicted octanol–water partition coefficient (Wildman–Crippen LogP) is 4.94. The highest BCUT2D eigenvalue weighted by Crippen LogP contribution is 2.27. The van der Waals surface area contributed by atoms with Gasteiger partial charge in [-0.1, -0.05) is 87.6 Å². The first-order valence-corrected chi connectivity index (χ1v) is 7.06. The van der Waals surface area contributed by atoms with Crippen LogP contribution in [0.5, 0.6) is 0 Å². The fraction of sp³-hybridized carbons (Fsp3) is 0.278. The highest BCUT2D eigenvalue weighted by atomic mass is 32.1. The zero-order valence-corrected chi connectivity index (χ0v) is 12.6. The van der Waals surface area contributed by atoms with Crippen molar-refractivity contribution in [2.24, 2.45) is 0 Å². The van der Waals surface area contributed by atoms with Crippen LogP contribution in [0.1, 0.15) is 37.5 Å². The van der Waals surface area contributed by atoms with Gasteiger partial charge in [0.25, 0.3) is 0 Å². The molecule has 0 atom stereocenters. The molecule has 0 aliphatic carbocycles. The minimum absolute atomic E-state index is 0.122. The maximum absolute atomic E-state index is 5.66. The second-order valence-corrected chi connectivity index (χ2v) is 6.37. The molecule has 0 saturated carbocycles. The van der Waals surface area contributed by atoms with Crippen LogP contribution < -0.4 is 0 Å². The summed E-state index contributed by atoms with van der Waals surface area (Å²) < 4.78 is 0. The minimum Gasteiger partial charge on any atom is -0.0839 e. The third kappa shape index (κ3) is 3.51. The largest absolute Gasteiger partial charge is 0.0839 e. The fourth-order valence-electron chi connectivity index (χ4n) is 2.26. The molecule has 0 bridgehead atoms. The third-order valence-electron chi connectivity index (χ3n) is 3.24. The van der Waals surface area contributed by atoms with Crippen molar-refractivity contribution in [3.8, 4) is 0 Å². The van der Waals surface area contributed by atoms with Gasteiger partial charge in [-0.05, 0) is 22.1 Å². The second-order valence-electron chi connectivity index (χ2n) is 5.88. The molecule has 0 aliphatic rings. The Balaban J connectivity index is 2.30. The molecule has 98 valence electrons. The lowest BCUT2D eigenvalue weighted by Gasteiger charge is -2.23. The van der Waals surface area contributed by atoms with Gasteiger partial charge in [-0.25, -0.2) is 0 Å². The molecule has 0 fully saturated rings. The molecule has 2 rings (SSSR count). The van der Waals surface area contributed by atoms with E-state index in [0.717, 1.165) is 11.3 Å². The highest BCUT2D eigenvalue weighted by molar-refractivity contribution is 7.80. The van der Waals surface area contributed by atoms with E-state index in [1.807, 2.05) is 6.07 Å². The average molecular weight is 268 g/mol. The van der Waals surface area contributed by atoms with Gasteiger partial charge in [0.1, 0.15) is 0 Å². The molecule has 0 aromatic heterocycles. The Labute approximate surface area is 121 Å². The van der Waals surface area contributed by atoms with Gasteiger partial charge >= 0.3 is 0 Å². The summed E-state index contributed by atoms with van der Waals surface area (Å²) in [6.07, 6.45) is 0.837. The van der Waals surface area contributed by atoms with Crippen LogP contribution in [0.15, 0.2) is 54.6 Å². The van der Waals surface area contributed by atoms with Crippen molar-refractivity contribution in [2.45, 2.75) is 32.6 Å². The maximum atomic E-state index is 5.66. The third-order valence-corrected chi connectivity index (χ3v) is 3.61. The van der Waals surface area contributed by atoms with Gasteiger partial charge in [-0.15, -0.1) is 0 Å². The zero-order chi connectivity index (χ0) is 13.9. The molecule has 0 aliphatic heterocycles. The monoisotopic (exact) mass is 268 g/mol. The van der Waals surface area contributed by atoms with Crippen molar-refractivity contribution < 1.29 is 0 Å². The van der Waals surface area contributed by atoms with Gasteiger partial charge < -0.3 is 0 Å². The lowest BCUT2D eigenvalue weighted by Crippen LogP contribution is -2.17. The SMILES string of the molecule is CC(C)(C)c1ccccc1C(=S)Cc1ccccc1. The van der Waals surface area contributed by atoms with E-state index >= 15 is 0 Å². The first kappa shape index (κ1) is 14.0. The Kier molecular flexibility index (Phi) is 4.16. The van der Waals surface area contributed by atoms with Gasteiger partial charge in [0.15, 0.2) is 0 Å². The number of benzene rings is 2. The molecular weight excluding hydrogens is 248 g/mol. The Morgan fingerprint density at radius 2 is 1.47 bits per heavy atom. The number of rotatable bonds is 3. The van der Waals surface area contributed by atoms with Crippen LogP contribution in [0, 0.1) is 0 Å². The predicted molar refractivity (Wildman–Crippen MR) is 87.0 cm³/mol. The molecule has 0 spiro atoms. The van der Waals surface area contributed by atoms with E-state index in [9.17, 15) is 0 Å². The topological polar surface area (TPSA) is 0 Å². The van der Waals surface area contributed by atoms with E-state index in [0.29, 0.717) is 0 Å². The molecule has 2 aromatic carbocycles. The number of hydrogen-bond acceptors (Lipinski definition) is 1. The fourth-order valence-corrected chi connectivity index (χ4v) is 2.60. The molecule has 0 nitrogen and oxygen atoms in total. The maximum Gasteiger partial charge on any atom is 0.0271 e. The highest BCUT2D eigenvalue weighted by Gasteiger charge is 2.19. The summed E-state index contributed by atoms with van der Waals surface area (Å²) in [7, 11) is 0. The van der Waals surface area contributed by atoms with Gasteiger partial charge in [-0.3, -0.25) is 0 Å². The standard InChI is InChI=1S/C18H20S/c1-18(2,3)16-12-8-7-11-15(16)17(19)13-14-9-5-4-6-10-14/h4-12H,13H2,1-3H3. The van der Waals surface area contributed by atoms with E-state index in [1.54, 1.807) is 0 Å². The molecule has 2 aromatic rings. The van der Waals surface area contributed by atoms with E-state index in [2.05, 4.69) is 69.3 Å². The normalized spacial score (nSPS) is 11.3. The summed E-state index contributed by atoms with van der Waals surface area (Å²) in [6.45, 7) is 6.70. The lowest BCUT2D eigenvalue weighted by atomic mass is 9.82. The van der Waals surface area contributed by atoms with Crippen molar-refractivity contribution >= 4 is 17.1 Å². The number of thiocarbonyl (C=S) groups is 1. The van der Waals surface area contributed by atoms with Crippen LogP contribution in [0.25, 0.3) is 0 Å². The number of hydrogen-bond donors (Lipinski definition) is 0. The summed E-state index contributed by atoms with van der Waals surface area (Å²) in [4.78, 5) is 1.02. The lowest BCUT2D eigenvalue weighted by molar-refractivity contribution is 0.589. The van der Waals surface area contributed by atoms with Crippen LogP contribution in [0.4, 0.5) is 0 Å². The zero-order valence-electron chi connectivity index (χ0n) is 11.8. The van der Waals surface area contributed by atoms with E-state index < -0.39 is 0 Å². The van der Waals surface area contributed by atoms with Crippen LogP contribution in [-0.4, -0.2) is 4.86 Å². The van der Waals surface area contributed by atoms with Gasteiger partial charge in [0.05, 0.1) is 0 Å². The molecule has 0 radical (unpaired) electrons. The van der Waals surface area contributed by atoms with Crippen molar-refractivity contribution in [3.63, 3.8) is 0 Å². The quantitative estimate of drug-likeness (QED) is 0.561. The van der Waals surface area contributed by atoms with E-state index in [1.165, 1.54) is 16.7 Å². The van der Waals surface area contributed by atoms with Gasteiger partial charge in [-0.2, -0.15) is 0 Å². The first-order chi connectivity index (χ1) is 8.98. The van der Waals surface area contributed by atoms with Crippen LogP contribution >= 0.6 is 12.2 Å². The van der Waals surface area contributed by atoms with Crippen molar-refractivity contribution in [2.75, 3.05) is 0 Å². The smallest absolute Gasteiger partial charge is 0.0271 e. The molecule has 1 heteroatoms. The van der Waals surface area contributed by atoms with Crippen molar-refractivity contribution in [1.82, 2.24) is 0 Å². The molecule has 0 unspecified atom stereocenters. The average Bonchev–Trinajstić information content (AvgIpc) is 2.39. The van der Waals surface area contributed by atoms with Crippen LogP contribution in [-0.2, 0) is 11.8 Å². The Morgan fingerprint density at radius 1 is 0.895 bits per heavy atom. The van der Waals surface area contributed by atoms with E-state index in [4.69, 9.17) is 12.2 Å².